The van der Waals surface area contributed by atoms with Gasteiger partial charge in [0.25, 0.3) is 0 Å². The molecule has 0 aliphatic heterocycles. The third kappa shape index (κ3) is 6.99. The fourth-order valence-corrected chi connectivity index (χ4v) is 10.5. The third-order valence-electron chi connectivity index (χ3n) is 13.8. The van der Waals surface area contributed by atoms with Gasteiger partial charge in [-0.3, -0.25) is 0 Å². The molecule has 0 N–H and O–H groups in total. The lowest BCUT2D eigenvalue weighted by Crippen LogP contribution is -2.22. The van der Waals surface area contributed by atoms with Crippen LogP contribution in [0, 0.1) is 0 Å². The van der Waals surface area contributed by atoms with Crippen molar-refractivity contribution in [3.8, 4) is 44.5 Å². The summed E-state index contributed by atoms with van der Waals surface area (Å²) in [6.07, 6.45) is 11.8. The average molecular weight is 872 g/mol. The van der Waals surface area contributed by atoms with Crippen molar-refractivity contribution in [2.75, 3.05) is 4.90 Å². The molecule has 2 aromatic heterocycles. The summed E-state index contributed by atoms with van der Waals surface area (Å²) >= 11 is 0. The molecule has 322 valence electrons. The third-order valence-corrected chi connectivity index (χ3v) is 13.8. The van der Waals surface area contributed by atoms with Crippen molar-refractivity contribution in [2.45, 2.75) is 19.3 Å². The maximum absolute atomic E-state index is 6.69. The normalized spacial score (nSPS) is 13.2. The molecule has 9 aromatic carbocycles. The number of hydrogen-bond acceptors (Lipinski definition) is 3. The molecular formula is C65H45NO2. The van der Waals surface area contributed by atoms with E-state index in [9.17, 15) is 0 Å². The van der Waals surface area contributed by atoms with E-state index in [1.54, 1.807) is 0 Å². The second-order valence-electron chi connectivity index (χ2n) is 17.8. The van der Waals surface area contributed by atoms with E-state index >= 15 is 0 Å². The van der Waals surface area contributed by atoms with Crippen molar-refractivity contribution >= 4 is 62.0 Å². The quantitative estimate of drug-likeness (QED) is 0.152. The van der Waals surface area contributed by atoms with Crippen LogP contribution in [0.4, 0.5) is 11.4 Å². The average Bonchev–Trinajstić information content (AvgIpc) is 3.90. The summed E-state index contributed by atoms with van der Waals surface area (Å²) in [5.74, 6) is 1.00. The lowest BCUT2D eigenvalue weighted by atomic mass is 9.90. The standard InChI is InChI=1S/C65H45NO2/c1-3-15-46(16-4-1)53-37-30-49(40-57(53)47-17-5-2-6-18-47)44-26-33-51(34-27-44)66(52-35-28-45(29-36-52)50-32-39-62-58(41-50)55-21-10-12-24-61(55)67-62)60-23-11-9-20-54(60)56-22-13-25-64-65(56)59-42-48-19-8-7-14-43(48)31-38-63(59)68-64/h1-10,12-22,24-37,39-42H,11,23,38H2. The Labute approximate surface area is 395 Å². The Morgan fingerprint density at radius 3 is 1.79 bits per heavy atom. The van der Waals surface area contributed by atoms with Crippen molar-refractivity contribution in [1.82, 2.24) is 0 Å². The van der Waals surface area contributed by atoms with Gasteiger partial charge < -0.3 is 13.7 Å². The molecule has 13 rings (SSSR count). The van der Waals surface area contributed by atoms with Gasteiger partial charge in [0.05, 0.1) is 0 Å². The van der Waals surface area contributed by atoms with Crippen molar-refractivity contribution in [2.24, 2.45) is 0 Å². The summed E-state index contributed by atoms with van der Waals surface area (Å²) in [6.45, 7) is 0. The summed E-state index contributed by atoms with van der Waals surface area (Å²) in [5.41, 5.74) is 19.2. The van der Waals surface area contributed by atoms with Crippen molar-refractivity contribution in [3.05, 3.63) is 257 Å². The predicted octanol–water partition coefficient (Wildman–Crippen LogP) is 16.1. The van der Waals surface area contributed by atoms with Crippen LogP contribution in [-0.2, 0) is 6.42 Å². The van der Waals surface area contributed by atoms with E-state index in [2.05, 4.69) is 229 Å². The first-order valence-electron chi connectivity index (χ1n) is 23.6. The summed E-state index contributed by atoms with van der Waals surface area (Å²) in [7, 11) is 0. The summed E-state index contributed by atoms with van der Waals surface area (Å²) < 4.78 is 12.9. The number of rotatable bonds is 8. The van der Waals surface area contributed by atoms with E-state index in [0.29, 0.717) is 0 Å². The predicted molar refractivity (Wildman–Crippen MR) is 283 cm³/mol. The Morgan fingerprint density at radius 1 is 0.412 bits per heavy atom. The number of allylic oxidation sites excluding steroid dienone is 4. The van der Waals surface area contributed by atoms with Crippen molar-refractivity contribution in [3.63, 3.8) is 0 Å². The van der Waals surface area contributed by atoms with E-state index in [-0.39, 0.29) is 0 Å². The Balaban J connectivity index is 0.954. The minimum absolute atomic E-state index is 0.745. The van der Waals surface area contributed by atoms with Gasteiger partial charge in [-0.05, 0) is 134 Å². The highest BCUT2D eigenvalue weighted by molar-refractivity contribution is 6.06. The first-order chi connectivity index (χ1) is 33.7. The van der Waals surface area contributed by atoms with Crippen LogP contribution in [0.1, 0.15) is 29.7 Å². The molecule has 3 heteroatoms. The van der Waals surface area contributed by atoms with Gasteiger partial charge in [-0.25, -0.2) is 0 Å². The summed E-state index contributed by atoms with van der Waals surface area (Å²) in [4.78, 5) is 2.48. The first-order valence-corrected chi connectivity index (χ1v) is 23.6. The van der Waals surface area contributed by atoms with Crippen LogP contribution in [0.25, 0.3) is 95.1 Å². The molecule has 11 aromatic rings. The SMILES string of the molecule is C1=CC(c2cccc3oc4c(c23)C=c2ccccc2=CC4)=C(N(c2ccc(-c3ccc(-c4ccccc4)c(-c4ccccc4)c3)cc2)c2ccc(-c3ccc4oc5ccccc5c4c3)cc2)CC1. The molecule has 0 bridgehead atoms. The number of fused-ring (bicyclic) bond motifs is 7. The molecule has 2 heterocycles. The van der Waals surface area contributed by atoms with Crippen LogP contribution in [-0.4, -0.2) is 0 Å². The number of benzene rings is 9. The maximum atomic E-state index is 6.69. The Hall–Kier alpha value is -8.66. The van der Waals surface area contributed by atoms with Crippen LogP contribution in [0.15, 0.2) is 239 Å². The van der Waals surface area contributed by atoms with E-state index in [1.165, 1.54) is 66.2 Å². The van der Waals surface area contributed by atoms with Gasteiger partial charge in [0, 0.05) is 50.8 Å². The molecule has 0 fully saturated rings. The van der Waals surface area contributed by atoms with E-state index in [1.807, 2.05) is 12.1 Å². The first kappa shape index (κ1) is 39.7. The minimum atomic E-state index is 0.745. The van der Waals surface area contributed by atoms with Gasteiger partial charge in [0.1, 0.15) is 22.5 Å². The van der Waals surface area contributed by atoms with Crippen LogP contribution < -0.4 is 15.3 Å². The van der Waals surface area contributed by atoms with Crippen LogP contribution in [0.2, 0.25) is 0 Å². The Bertz CT molecular complexity index is 3910. The number of para-hydroxylation sites is 1. The van der Waals surface area contributed by atoms with Gasteiger partial charge in [0.15, 0.2) is 0 Å². The fraction of sp³-hybridized carbons (Fsp3) is 0.0462. The van der Waals surface area contributed by atoms with Gasteiger partial charge >= 0.3 is 0 Å². The van der Waals surface area contributed by atoms with Crippen LogP contribution >= 0.6 is 0 Å². The van der Waals surface area contributed by atoms with Gasteiger partial charge in [-0.1, -0.05) is 176 Å². The van der Waals surface area contributed by atoms with E-state index in [0.717, 1.165) is 80.4 Å². The molecule has 0 unspecified atom stereocenters. The number of nitrogens with zero attached hydrogens (tertiary/aromatic N) is 1. The van der Waals surface area contributed by atoms with Crippen molar-refractivity contribution < 1.29 is 8.83 Å². The Morgan fingerprint density at radius 2 is 1.03 bits per heavy atom. The lowest BCUT2D eigenvalue weighted by molar-refractivity contribution is 0.568. The van der Waals surface area contributed by atoms with Crippen LogP contribution in [0.5, 0.6) is 0 Å². The molecule has 3 nitrogen and oxygen atoms in total. The number of anilines is 2. The lowest BCUT2D eigenvalue weighted by Gasteiger charge is -2.32. The molecule has 0 radical (unpaired) electrons. The molecule has 0 spiro atoms. The topological polar surface area (TPSA) is 29.5 Å². The summed E-state index contributed by atoms with van der Waals surface area (Å²) in [6, 6.07) is 76.5. The van der Waals surface area contributed by atoms with Gasteiger partial charge in [-0.2, -0.15) is 0 Å². The largest absolute Gasteiger partial charge is 0.460 e. The zero-order valence-electron chi connectivity index (χ0n) is 37.4. The monoisotopic (exact) mass is 871 g/mol. The second-order valence-corrected chi connectivity index (χ2v) is 17.8. The molecule has 68 heavy (non-hydrogen) atoms. The highest BCUT2D eigenvalue weighted by Gasteiger charge is 2.25. The van der Waals surface area contributed by atoms with Gasteiger partial charge in [-0.15, -0.1) is 0 Å². The fourth-order valence-electron chi connectivity index (χ4n) is 10.5. The zero-order chi connectivity index (χ0) is 45.0. The molecule has 2 aliphatic carbocycles. The number of furan rings is 2. The van der Waals surface area contributed by atoms with Crippen LogP contribution in [0.3, 0.4) is 0 Å². The van der Waals surface area contributed by atoms with E-state index in [4.69, 9.17) is 8.83 Å². The molecule has 0 saturated carbocycles. The van der Waals surface area contributed by atoms with Gasteiger partial charge in [0.2, 0.25) is 0 Å². The maximum Gasteiger partial charge on any atom is 0.135 e. The zero-order valence-corrected chi connectivity index (χ0v) is 37.4. The molecular weight excluding hydrogens is 827 g/mol. The van der Waals surface area contributed by atoms with E-state index < -0.39 is 0 Å². The minimum Gasteiger partial charge on any atom is -0.460 e. The molecule has 0 amide bonds. The smallest absolute Gasteiger partial charge is 0.135 e. The number of hydrogen-bond donors (Lipinski definition) is 0. The molecule has 0 saturated heterocycles. The van der Waals surface area contributed by atoms with Crippen molar-refractivity contribution in [1.29, 1.82) is 0 Å². The highest BCUT2D eigenvalue weighted by Crippen LogP contribution is 2.44. The molecule has 2 aliphatic rings. The highest BCUT2D eigenvalue weighted by atomic mass is 16.3. The Kier molecular flexibility index (Phi) is 9.72. The summed E-state index contributed by atoms with van der Waals surface area (Å²) in [5, 5.41) is 5.87. The molecule has 0 atom stereocenters. The second kappa shape index (κ2) is 16.6.